The summed E-state index contributed by atoms with van der Waals surface area (Å²) in [5.74, 6) is 1.21. The summed E-state index contributed by atoms with van der Waals surface area (Å²) < 4.78 is 11.5. The molecule has 0 saturated heterocycles. The number of nitrogen functional groups attached to an aromatic ring is 1. The van der Waals surface area contributed by atoms with E-state index in [-0.39, 0.29) is 0 Å². The maximum Gasteiger partial charge on any atom is 0.0506 e. The number of benzene rings is 1. The van der Waals surface area contributed by atoms with E-state index in [1.165, 1.54) is 0 Å². The number of anilines is 1. The van der Waals surface area contributed by atoms with Crippen LogP contribution in [0.4, 0.5) is 5.69 Å². The summed E-state index contributed by atoms with van der Waals surface area (Å²) in [5, 5.41) is 0.641. The molecule has 4 heteroatoms. The Labute approximate surface area is 91.9 Å². The van der Waals surface area contributed by atoms with Gasteiger partial charge in [0.2, 0.25) is 0 Å². The Balaban J connectivity index is 2.75. The lowest BCUT2D eigenvalue weighted by Crippen LogP contribution is -2.02. The Hall–Kier alpha value is -0.540. The molecule has 0 heterocycles. The lowest BCUT2D eigenvalue weighted by molar-refractivity contribution is 0.681. The molecular weight excluding hydrogens is 218 g/mol. The highest BCUT2D eigenvalue weighted by molar-refractivity contribution is 7.84. The fourth-order valence-corrected chi connectivity index (χ4v) is 2.56. The minimum absolute atomic E-state index is 0.500. The fourth-order valence-electron chi connectivity index (χ4n) is 1.17. The first-order valence-corrected chi connectivity index (χ1v) is 6.39. The maximum atomic E-state index is 11.5. The van der Waals surface area contributed by atoms with Crippen molar-refractivity contribution in [1.29, 1.82) is 0 Å². The van der Waals surface area contributed by atoms with Gasteiger partial charge in [0, 0.05) is 27.3 Å². The van der Waals surface area contributed by atoms with Gasteiger partial charge in [0.25, 0.3) is 0 Å². The molecule has 1 unspecified atom stereocenters. The van der Waals surface area contributed by atoms with Crippen LogP contribution in [0.5, 0.6) is 0 Å². The first-order valence-electron chi connectivity index (χ1n) is 4.52. The van der Waals surface area contributed by atoms with E-state index in [0.29, 0.717) is 22.2 Å². The molecule has 14 heavy (non-hydrogen) atoms. The standard InChI is InChI=1S/C10H14ClNOS/c1-2-5-14(13)7-8-6-9(11)3-4-10(8)12/h3-4,6H,2,5,7,12H2,1H3. The lowest BCUT2D eigenvalue weighted by atomic mass is 10.2. The fraction of sp³-hybridized carbons (Fsp3) is 0.400. The van der Waals surface area contributed by atoms with Crippen molar-refractivity contribution in [1.82, 2.24) is 0 Å². The van der Waals surface area contributed by atoms with Crippen molar-refractivity contribution in [2.24, 2.45) is 0 Å². The van der Waals surface area contributed by atoms with Crippen LogP contribution in [0.25, 0.3) is 0 Å². The molecule has 0 aromatic heterocycles. The van der Waals surface area contributed by atoms with Gasteiger partial charge < -0.3 is 5.73 Å². The SMILES string of the molecule is CCCS(=O)Cc1cc(Cl)ccc1N. The molecule has 0 aliphatic rings. The van der Waals surface area contributed by atoms with E-state index in [4.69, 9.17) is 17.3 Å². The predicted molar refractivity (Wildman–Crippen MR) is 62.9 cm³/mol. The first-order chi connectivity index (χ1) is 6.63. The van der Waals surface area contributed by atoms with Gasteiger partial charge in [-0.2, -0.15) is 0 Å². The second-order valence-corrected chi connectivity index (χ2v) is 5.14. The van der Waals surface area contributed by atoms with Gasteiger partial charge in [0.1, 0.15) is 0 Å². The van der Waals surface area contributed by atoms with Crippen molar-refractivity contribution in [3.05, 3.63) is 28.8 Å². The minimum atomic E-state index is -0.828. The van der Waals surface area contributed by atoms with Gasteiger partial charge in [0.15, 0.2) is 0 Å². The van der Waals surface area contributed by atoms with Gasteiger partial charge in [-0.15, -0.1) is 0 Å². The van der Waals surface area contributed by atoms with Crippen LogP contribution in [0.15, 0.2) is 18.2 Å². The van der Waals surface area contributed by atoms with Gasteiger partial charge in [-0.05, 0) is 30.2 Å². The predicted octanol–water partition coefficient (Wildman–Crippen LogP) is 2.58. The lowest BCUT2D eigenvalue weighted by Gasteiger charge is -2.05. The smallest absolute Gasteiger partial charge is 0.0506 e. The molecule has 0 bridgehead atoms. The van der Waals surface area contributed by atoms with Crippen LogP contribution in [0.3, 0.4) is 0 Å². The van der Waals surface area contributed by atoms with Crippen molar-refractivity contribution in [2.45, 2.75) is 19.1 Å². The third-order valence-electron chi connectivity index (χ3n) is 1.85. The van der Waals surface area contributed by atoms with Crippen LogP contribution in [-0.2, 0) is 16.6 Å². The zero-order valence-corrected chi connectivity index (χ0v) is 9.70. The van der Waals surface area contributed by atoms with E-state index in [2.05, 4.69) is 0 Å². The molecule has 78 valence electrons. The van der Waals surface area contributed by atoms with Gasteiger partial charge >= 0.3 is 0 Å². The Morgan fingerprint density at radius 1 is 1.50 bits per heavy atom. The zero-order valence-electron chi connectivity index (χ0n) is 8.13. The summed E-state index contributed by atoms with van der Waals surface area (Å²) in [6, 6.07) is 5.27. The van der Waals surface area contributed by atoms with Crippen LogP contribution in [0.1, 0.15) is 18.9 Å². The van der Waals surface area contributed by atoms with Crippen LogP contribution in [0, 0.1) is 0 Å². The molecule has 0 aliphatic carbocycles. The Bertz CT molecular complexity index is 341. The molecule has 2 N–H and O–H groups in total. The molecule has 2 nitrogen and oxygen atoms in total. The van der Waals surface area contributed by atoms with Gasteiger partial charge in [-0.3, -0.25) is 4.21 Å². The molecule has 0 fully saturated rings. The minimum Gasteiger partial charge on any atom is -0.398 e. The Kier molecular flexibility index (Phi) is 4.42. The summed E-state index contributed by atoms with van der Waals surface area (Å²) in [4.78, 5) is 0. The van der Waals surface area contributed by atoms with Gasteiger partial charge in [-0.1, -0.05) is 18.5 Å². The van der Waals surface area contributed by atoms with Crippen molar-refractivity contribution >= 4 is 28.1 Å². The summed E-state index contributed by atoms with van der Waals surface area (Å²) in [5.41, 5.74) is 7.29. The third-order valence-corrected chi connectivity index (χ3v) is 3.58. The van der Waals surface area contributed by atoms with E-state index in [9.17, 15) is 4.21 Å². The van der Waals surface area contributed by atoms with Crippen LogP contribution >= 0.6 is 11.6 Å². The van der Waals surface area contributed by atoms with Gasteiger partial charge in [0.05, 0.1) is 5.75 Å². The normalized spacial score (nSPS) is 12.7. The molecule has 1 aromatic rings. The average molecular weight is 232 g/mol. The van der Waals surface area contributed by atoms with Crippen LogP contribution in [0.2, 0.25) is 5.02 Å². The highest BCUT2D eigenvalue weighted by Crippen LogP contribution is 2.19. The van der Waals surface area contributed by atoms with Crippen LogP contribution in [-0.4, -0.2) is 9.96 Å². The van der Waals surface area contributed by atoms with Gasteiger partial charge in [-0.25, -0.2) is 0 Å². The highest BCUT2D eigenvalue weighted by atomic mass is 35.5. The summed E-state index contributed by atoms with van der Waals surface area (Å²) in [7, 11) is -0.828. The molecule has 1 rings (SSSR count). The van der Waals surface area contributed by atoms with E-state index in [1.54, 1.807) is 18.2 Å². The molecule has 1 atom stereocenters. The Morgan fingerprint density at radius 3 is 2.86 bits per heavy atom. The van der Waals surface area contributed by atoms with E-state index >= 15 is 0 Å². The average Bonchev–Trinajstić information content (AvgIpc) is 2.12. The summed E-state index contributed by atoms with van der Waals surface area (Å²) in [6.45, 7) is 2.01. The second-order valence-electron chi connectivity index (χ2n) is 3.13. The van der Waals surface area contributed by atoms with Crippen molar-refractivity contribution in [2.75, 3.05) is 11.5 Å². The largest absolute Gasteiger partial charge is 0.398 e. The van der Waals surface area contributed by atoms with Crippen molar-refractivity contribution in [3.8, 4) is 0 Å². The Morgan fingerprint density at radius 2 is 2.21 bits per heavy atom. The van der Waals surface area contributed by atoms with Crippen molar-refractivity contribution < 1.29 is 4.21 Å². The number of hydrogen-bond acceptors (Lipinski definition) is 2. The molecule has 0 aliphatic heterocycles. The highest BCUT2D eigenvalue weighted by Gasteiger charge is 2.04. The zero-order chi connectivity index (χ0) is 10.6. The number of hydrogen-bond donors (Lipinski definition) is 1. The molecule has 0 spiro atoms. The number of halogens is 1. The molecule has 0 amide bonds. The number of nitrogens with two attached hydrogens (primary N) is 1. The van der Waals surface area contributed by atoms with E-state index in [1.807, 2.05) is 6.92 Å². The van der Waals surface area contributed by atoms with Crippen LogP contribution < -0.4 is 5.73 Å². The molecule has 0 radical (unpaired) electrons. The number of rotatable bonds is 4. The topological polar surface area (TPSA) is 43.1 Å². The van der Waals surface area contributed by atoms with Crippen molar-refractivity contribution in [3.63, 3.8) is 0 Å². The maximum absolute atomic E-state index is 11.5. The molecular formula is C10H14ClNOS. The summed E-state index contributed by atoms with van der Waals surface area (Å²) >= 11 is 5.82. The molecule has 1 aromatic carbocycles. The first kappa shape index (κ1) is 11.5. The van der Waals surface area contributed by atoms with E-state index in [0.717, 1.165) is 12.0 Å². The second kappa shape index (κ2) is 5.37. The molecule has 0 saturated carbocycles. The quantitative estimate of drug-likeness (QED) is 0.810. The van der Waals surface area contributed by atoms with E-state index < -0.39 is 10.8 Å². The monoisotopic (exact) mass is 231 g/mol. The summed E-state index contributed by atoms with van der Waals surface area (Å²) in [6.07, 6.45) is 0.924. The third kappa shape index (κ3) is 3.31.